The molecule has 2 aliphatic rings. The Morgan fingerprint density at radius 1 is 1.36 bits per heavy atom. The van der Waals surface area contributed by atoms with Gasteiger partial charge in [-0.3, -0.25) is 4.79 Å². The fourth-order valence-corrected chi connectivity index (χ4v) is 3.21. The van der Waals surface area contributed by atoms with Gasteiger partial charge in [0.05, 0.1) is 16.6 Å². The quantitative estimate of drug-likeness (QED) is 0.914. The number of ether oxygens (including phenoxy) is 1. The molecule has 0 radical (unpaired) electrons. The second-order valence-electron chi connectivity index (χ2n) is 6.10. The van der Waals surface area contributed by atoms with Crippen LogP contribution in [0.4, 0.5) is 0 Å². The average molecular weight is 343 g/mol. The summed E-state index contributed by atoms with van der Waals surface area (Å²) in [5.41, 5.74) is 0. The Kier molecular flexibility index (Phi) is 4.81. The molecule has 1 N–H and O–H groups in total. The van der Waals surface area contributed by atoms with Crippen LogP contribution in [0.15, 0.2) is 18.2 Å². The number of nitrogens with zero attached hydrogens (tertiary/aromatic N) is 1. The monoisotopic (exact) mass is 342 g/mol. The lowest BCUT2D eigenvalue weighted by Gasteiger charge is -2.33. The van der Waals surface area contributed by atoms with Crippen molar-refractivity contribution in [2.45, 2.75) is 19.4 Å². The number of hydrogen-bond donors (Lipinski definition) is 1. The van der Waals surface area contributed by atoms with E-state index < -0.39 is 0 Å². The number of amides is 1. The predicted molar refractivity (Wildman–Crippen MR) is 87.6 cm³/mol. The van der Waals surface area contributed by atoms with Crippen molar-refractivity contribution < 1.29 is 9.53 Å². The summed E-state index contributed by atoms with van der Waals surface area (Å²) >= 11 is 11.9. The molecule has 0 spiro atoms. The Morgan fingerprint density at radius 3 is 2.77 bits per heavy atom. The van der Waals surface area contributed by atoms with E-state index >= 15 is 0 Å². The standard InChI is InChI=1S/C16H20Cl2N2O2/c1-10(11-7-19-8-11)16(21)20-5-4-13(9-20)22-12-2-3-14(17)15(18)6-12/h2-3,6,10-11,13,19H,4-5,7-9H2,1H3. The smallest absolute Gasteiger partial charge is 0.225 e. The zero-order chi connectivity index (χ0) is 15.7. The first kappa shape index (κ1) is 15.9. The summed E-state index contributed by atoms with van der Waals surface area (Å²) in [4.78, 5) is 14.4. The van der Waals surface area contributed by atoms with Crippen LogP contribution < -0.4 is 10.1 Å². The molecule has 1 aromatic carbocycles. The van der Waals surface area contributed by atoms with Gasteiger partial charge >= 0.3 is 0 Å². The molecule has 2 fully saturated rings. The molecule has 120 valence electrons. The molecule has 2 unspecified atom stereocenters. The lowest BCUT2D eigenvalue weighted by atomic mass is 9.88. The van der Waals surface area contributed by atoms with E-state index in [1.54, 1.807) is 18.2 Å². The van der Waals surface area contributed by atoms with E-state index in [1.165, 1.54) is 0 Å². The van der Waals surface area contributed by atoms with Crippen molar-refractivity contribution in [1.82, 2.24) is 10.2 Å². The molecule has 2 aliphatic heterocycles. The van der Waals surface area contributed by atoms with Crippen LogP contribution in [0, 0.1) is 11.8 Å². The second kappa shape index (κ2) is 6.65. The van der Waals surface area contributed by atoms with Gasteiger partial charge in [0, 0.05) is 24.9 Å². The molecule has 0 bridgehead atoms. The van der Waals surface area contributed by atoms with E-state index in [0.29, 0.717) is 28.3 Å². The van der Waals surface area contributed by atoms with Crippen molar-refractivity contribution in [3.8, 4) is 5.75 Å². The Hall–Kier alpha value is -0.970. The van der Waals surface area contributed by atoms with Gasteiger partial charge in [0.1, 0.15) is 11.9 Å². The van der Waals surface area contributed by atoms with Gasteiger partial charge in [-0.05, 0) is 31.1 Å². The van der Waals surface area contributed by atoms with Crippen molar-refractivity contribution in [2.24, 2.45) is 11.8 Å². The van der Waals surface area contributed by atoms with Gasteiger partial charge < -0.3 is 15.0 Å². The Bertz CT molecular complexity index is 563. The van der Waals surface area contributed by atoms with Crippen molar-refractivity contribution in [1.29, 1.82) is 0 Å². The summed E-state index contributed by atoms with van der Waals surface area (Å²) in [6.07, 6.45) is 0.870. The number of hydrogen-bond acceptors (Lipinski definition) is 3. The van der Waals surface area contributed by atoms with E-state index in [-0.39, 0.29) is 17.9 Å². The fraction of sp³-hybridized carbons (Fsp3) is 0.562. The molecule has 2 atom stereocenters. The molecular formula is C16H20Cl2N2O2. The van der Waals surface area contributed by atoms with Gasteiger partial charge in [-0.2, -0.15) is 0 Å². The maximum Gasteiger partial charge on any atom is 0.225 e. The molecule has 1 amide bonds. The zero-order valence-electron chi connectivity index (χ0n) is 12.5. The van der Waals surface area contributed by atoms with Crippen LogP contribution in [0.1, 0.15) is 13.3 Å². The lowest BCUT2D eigenvalue weighted by Crippen LogP contribution is -2.50. The molecular weight excluding hydrogens is 323 g/mol. The predicted octanol–water partition coefficient (Wildman–Crippen LogP) is 2.83. The number of rotatable bonds is 4. The summed E-state index contributed by atoms with van der Waals surface area (Å²) in [7, 11) is 0. The number of carbonyl (C=O) groups is 1. The number of nitrogens with one attached hydrogen (secondary N) is 1. The second-order valence-corrected chi connectivity index (χ2v) is 6.91. The Morgan fingerprint density at radius 2 is 2.14 bits per heavy atom. The van der Waals surface area contributed by atoms with Crippen LogP contribution in [0.2, 0.25) is 10.0 Å². The van der Waals surface area contributed by atoms with Gasteiger partial charge in [0.15, 0.2) is 0 Å². The van der Waals surface area contributed by atoms with E-state index in [4.69, 9.17) is 27.9 Å². The van der Waals surface area contributed by atoms with Crippen LogP contribution in [-0.4, -0.2) is 43.1 Å². The van der Waals surface area contributed by atoms with Crippen molar-refractivity contribution in [3.63, 3.8) is 0 Å². The van der Waals surface area contributed by atoms with Crippen molar-refractivity contribution >= 4 is 29.1 Å². The van der Waals surface area contributed by atoms with Crippen LogP contribution in [0.3, 0.4) is 0 Å². The number of benzene rings is 1. The van der Waals surface area contributed by atoms with E-state index in [0.717, 1.165) is 26.1 Å². The van der Waals surface area contributed by atoms with Crippen LogP contribution in [0.5, 0.6) is 5.75 Å². The maximum atomic E-state index is 12.5. The summed E-state index contributed by atoms with van der Waals surface area (Å²) in [6, 6.07) is 5.25. The molecule has 2 heterocycles. The van der Waals surface area contributed by atoms with Gasteiger partial charge in [0.25, 0.3) is 0 Å². The van der Waals surface area contributed by atoms with Crippen molar-refractivity contribution in [2.75, 3.05) is 26.2 Å². The summed E-state index contributed by atoms with van der Waals surface area (Å²) < 4.78 is 5.92. The third kappa shape index (κ3) is 3.34. The summed E-state index contributed by atoms with van der Waals surface area (Å²) in [5.74, 6) is 1.50. The fourth-order valence-electron chi connectivity index (χ4n) is 2.92. The lowest BCUT2D eigenvalue weighted by molar-refractivity contribution is -0.136. The van der Waals surface area contributed by atoms with Crippen LogP contribution in [-0.2, 0) is 4.79 Å². The molecule has 0 aliphatic carbocycles. The van der Waals surface area contributed by atoms with Crippen LogP contribution >= 0.6 is 23.2 Å². The maximum absolute atomic E-state index is 12.5. The Labute approximate surface area is 140 Å². The van der Waals surface area contributed by atoms with Crippen LogP contribution in [0.25, 0.3) is 0 Å². The highest BCUT2D eigenvalue weighted by atomic mass is 35.5. The highest BCUT2D eigenvalue weighted by Crippen LogP contribution is 2.28. The highest BCUT2D eigenvalue weighted by molar-refractivity contribution is 6.42. The number of halogens is 2. The van der Waals surface area contributed by atoms with Gasteiger partial charge in [-0.25, -0.2) is 0 Å². The van der Waals surface area contributed by atoms with Gasteiger partial charge in [-0.15, -0.1) is 0 Å². The van der Waals surface area contributed by atoms with E-state index in [1.807, 2.05) is 11.8 Å². The normalized spacial score (nSPS) is 23.2. The zero-order valence-corrected chi connectivity index (χ0v) is 14.0. The average Bonchev–Trinajstić information content (AvgIpc) is 2.88. The summed E-state index contributed by atoms with van der Waals surface area (Å²) in [6.45, 7) is 5.33. The molecule has 22 heavy (non-hydrogen) atoms. The Balaban J connectivity index is 1.55. The minimum absolute atomic E-state index is 0.0212. The highest BCUT2D eigenvalue weighted by Gasteiger charge is 2.35. The van der Waals surface area contributed by atoms with E-state index in [2.05, 4.69) is 5.32 Å². The largest absolute Gasteiger partial charge is 0.488 e. The molecule has 2 saturated heterocycles. The topological polar surface area (TPSA) is 41.6 Å². The van der Waals surface area contributed by atoms with Gasteiger partial charge in [0.2, 0.25) is 5.91 Å². The third-order valence-corrected chi connectivity index (χ3v) is 5.30. The molecule has 4 nitrogen and oxygen atoms in total. The number of carbonyl (C=O) groups excluding carboxylic acids is 1. The van der Waals surface area contributed by atoms with Gasteiger partial charge in [-0.1, -0.05) is 30.1 Å². The first-order chi connectivity index (χ1) is 10.5. The minimum atomic E-state index is 0.0212. The molecule has 6 heteroatoms. The minimum Gasteiger partial charge on any atom is -0.488 e. The third-order valence-electron chi connectivity index (χ3n) is 4.56. The van der Waals surface area contributed by atoms with E-state index in [9.17, 15) is 4.79 Å². The van der Waals surface area contributed by atoms with Crippen molar-refractivity contribution in [3.05, 3.63) is 28.2 Å². The molecule has 0 saturated carbocycles. The summed E-state index contributed by atoms with van der Waals surface area (Å²) in [5, 5.41) is 4.22. The number of likely N-dealkylation sites (tertiary alicyclic amines) is 1. The first-order valence-corrected chi connectivity index (χ1v) is 8.41. The first-order valence-electron chi connectivity index (χ1n) is 7.66. The molecule has 1 aromatic rings. The molecule has 0 aromatic heterocycles. The molecule has 3 rings (SSSR count). The SMILES string of the molecule is CC(C(=O)N1CCC(Oc2ccc(Cl)c(Cl)c2)C1)C1CNC1.